The summed E-state index contributed by atoms with van der Waals surface area (Å²) in [5.41, 5.74) is 0.199. The fourth-order valence-corrected chi connectivity index (χ4v) is 4.00. The van der Waals surface area contributed by atoms with Gasteiger partial charge in [-0.2, -0.15) is 0 Å². The Morgan fingerprint density at radius 3 is 2.59 bits per heavy atom. The standard InChI is InChI=1S/C22H26O5/c1-25-19-10-9-16(14-20(19)27-18-7-3-4-8-18)22(13-11-21(24)26-2)12-5-6-17(23)15-22/h9-10,14,18H,3-8,12,15H2,1-2H3. The number of hydrogen-bond donors (Lipinski definition) is 0. The molecule has 1 unspecified atom stereocenters. The lowest BCUT2D eigenvalue weighted by Gasteiger charge is -2.32. The monoisotopic (exact) mass is 370 g/mol. The summed E-state index contributed by atoms with van der Waals surface area (Å²) in [6.45, 7) is 0. The number of methoxy groups -OCH3 is 2. The van der Waals surface area contributed by atoms with E-state index in [1.54, 1.807) is 7.11 Å². The smallest absolute Gasteiger partial charge is 0.384 e. The molecule has 27 heavy (non-hydrogen) atoms. The van der Waals surface area contributed by atoms with E-state index >= 15 is 0 Å². The number of Topliss-reactive ketones (excluding diaryl/α,β-unsaturated/α-hetero) is 1. The van der Waals surface area contributed by atoms with Crippen molar-refractivity contribution >= 4 is 11.8 Å². The zero-order chi connectivity index (χ0) is 19.3. The minimum atomic E-state index is -0.691. The molecule has 0 spiro atoms. The van der Waals surface area contributed by atoms with Crippen molar-refractivity contribution in [2.24, 2.45) is 0 Å². The van der Waals surface area contributed by atoms with Crippen molar-refractivity contribution in [3.8, 4) is 23.3 Å². The molecule has 5 nitrogen and oxygen atoms in total. The van der Waals surface area contributed by atoms with Gasteiger partial charge < -0.3 is 14.2 Å². The molecule has 0 amide bonds. The Hall–Kier alpha value is -2.48. The molecule has 2 fully saturated rings. The summed E-state index contributed by atoms with van der Waals surface area (Å²) in [6.07, 6.45) is 6.95. The quantitative estimate of drug-likeness (QED) is 0.461. The Balaban J connectivity index is 1.98. The number of hydrogen-bond acceptors (Lipinski definition) is 5. The minimum absolute atomic E-state index is 0.162. The first-order valence-electron chi connectivity index (χ1n) is 9.54. The maximum absolute atomic E-state index is 12.2. The summed E-state index contributed by atoms with van der Waals surface area (Å²) >= 11 is 0. The highest BCUT2D eigenvalue weighted by molar-refractivity contribution is 5.89. The molecule has 0 heterocycles. The van der Waals surface area contributed by atoms with Crippen LogP contribution in [0.2, 0.25) is 0 Å². The number of ketones is 1. The first-order valence-corrected chi connectivity index (χ1v) is 9.54. The van der Waals surface area contributed by atoms with Crippen molar-refractivity contribution < 1.29 is 23.8 Å². The highest BCUT2D eigenvalue weighted by Gasteiger charge is 2.37. The van der Waals surface area contributed by atoms with Gasteiger partial charge in [-0.05, 0) is 56.2 Å². The third-order valence-corrected chi connectivity index (χ3v) is 5.46. The summed E-state index contributed by atoms with van der Waals surface area (Å²) in [6, 6.07) is 5.72. The Bertz CT molecular complexity index is 767. The van der Waals surface area contributed by atoms with Gasteiger partial charge in [0, 0.05) is 18.8 Å². The van der Waals surface area contributed by atoms with Crippen LogP contribution in [0.5, 0.6) is 11.5 Å². The van der Waals surface area contributed by atoms with Gasteiger partial charge >= 0.3 is 5.97 Å². The number of carbonyl (C=O) groups is 2. The van der Waals surface area contributed by atoms with Crippen LogP contribution in [0.4, 0.5) is 0 Å². The van der Waals surface area contributed by atoms with E-state index in [0.29, 0.717) is 24.3 Å². The molecule has 2 aliphatic carbocycles. The first-order chi connectivity index (χ1) is 13.1. The predicted molar refractivity (Wildman–Crippen MR) is 101 cm³/mol. The zero-order valence-corrected chi connectivity index (χ0v) is 16.0. The van der Waals surface area contributed by atoms with E-state index < -0.39 is 11.4 Å². The molecule has 2 aliphatic rings. The number of rotatable bonds is 4. The van der Waals surface area contributed by atoms with Crippen molar-refractivity contribution in [2.45, 2.75) is 62.9 Å². The number of ether oxygens (including phenoxy) is 3. The molecule has 0 aromatic heterocycles. The SMILES string of the molecule is COC(=O)C#CC1(c2ccc(OC)c(OC3CCCC3)c2)CCCC(=O)C1. The number of esters is 1. The molecule has 0 aliphatic heterocycles. The van der Waals surface area contributed by atoms with Crippen LogP contribution in [0.25, 0.3) is 0 Å². The van der Waals surface area contributed by atoms with Gasteiger partial charge in [0.1, 0.15) is 5.78 Å². The lowest BCUT2D eigenvalue weighted by atomic mass is 9.69. The van der Waals surface area contributed by atoms with Crippen LogP contribution >= 0.6 is 0 Å². The maximum atomic E-state index is 12.2. The largest absolute Gasteiger partial charge is 0.493 e. The van der Waals surface area contributed by atoms with Crippen molar-refractivity contribution in [3.63, 3.8) is 0 Å². The van der Waals surface area contributed by atoms with Gasteiger partial charge in [-0.3, -0.25) is 4.79 Å². The summed E-state index contributed by atoms with van der Waals surface area (Å²) in [5, 5.41) is 0. The lowest BCUT2D eigenvalue weighted by molar-refractivity contribution is -0.133. The predicted octanol–water partition coefficient (Wildman–Crippen LogP) is 3.57. The average Bonchev–Trinajstić information content (AvgIpc) is 3.19. The Labute approximate surface area is 160 Å². The van der Waals surface area contributed by atoms with Crippen LogP contribution in [0, 0.1) is 11.8 Å². The highest BCUT2D eigenvalue weighted by atomic mass is 16.5. The van der Waals surface area contributed by atoms with Gasteiger partial charge in [0.25, 0.3) is 0 Å². The molecule has 2 saturated carbocycles. The van der Waals surface area contributed by atoms with E-state index in [-0.39, 0.29) is 11.9 Å². The Kier molecular flexibility index (Phi) is 6.05. The van der Waals surface area contributed by atoms with Crippen LogP contribution in [0.1, 0.15) is 56.9 Å². The van der Waals surface area contributed by atoms with E-state index in [1.807, 2.05) is 18.2 Å². The Morgan fingerprint density at radius 2 is 1.93 bits per heavy atom. The zero-order valence-electron chi connectivity index (χ0n) is 16.0. The first kappa shape index (κ1) is 19.3. The lowest BCUT2D eigenvalue weighted by Crippen LogP contribution is -2.32. The third-order valence-electron chi connectivity index (χ3n) is 5.46. The molecular formula is C22H26O5. The second kappa shape index (κ2) is 8.47. The molecule has 5 heteroatoms. The molecule has 0 saturated heterocycles. The normalized spacial score (nSPS) is 22.7. The molecule has 1 aromatic rings. The van der Waals surface area contributed by atoms with Crippen LogP contribution in [0.3, 0.4) is 0 Å². The van der Waals surface area contributed by atoms with Gasteiger partial charge in [0.05, 0.1) is 25.7 Å². The van der Waals surface area contributed by atoms with Gasteiger partial charge in [0.2, 0.25) is 0 Å². The summed E-state index contributed by atoms with van der Waals surface area (Å²) in [5.74, 6) is 6.51. The second-order valence-electron chi connectivity index (χ2n) is 7.28. The molecule has 1 atom stereocenters. The van der Waals surface area contributed by atoms with E-state index in [2.05, 4.69) is 16.6 Å². The van der Waals surface area contributed by atoms with Gasteiger partial charge in [-0.15, -0.1) is 0 Å². The molecule has 1 aromatic carbocycles. The van der Waals surface area contributed by atoms with Crippen LogP contribution in [-0.4, -0.2) is 32.1 Å². The van der Waals surface area contributed by atoms with E-state index in [0.717, 1.165) is 31.2 Å². The van der Waals surface area contributed by atoms with Crippen LogP contribution < -0.4 is 9.47 Å². The van der Waals surface area contributed by atoms with Gasteiger partial charge in [-0.25, -0.2) is 4.79 Å². The molecule has 0 bridgehead atoms. The highest BCUT2D eigenvalue weighted by Crippen LogP contribution is 2.42. The van der Waals surface area contributed by atoms with Gasteiger partial charge in [-0.1, -0.05) is 12.0 Å². The third kappa shape index (κ3) is 4.44. The van der Waals surface area contributed by atoms with E-state index in [4.69, 9.17) is 9.47 Å². The average molecular weight is 370 g/mol. The fraction of sp³-hybridized carbons (Fsp3) is 0.545. The number of benzene rings is 1. The van der Waals surface area contributed by atoms with Crippen molar-refractivity contribution in [3.05, 3.63) is 23.8 Å². The number of carbonyl (C=O) groups excluding carboxylic acids is 2. The Morgan fingerprint density at radius 1 is 1.15 bits per heavy atom. The molecule has 0 N–H and O–H groups in total. The van der Waals surface area contributed by atoms with E-state index in [1.165, 1.54) is 20.0 Å². The van der Waals surface area contributed by atoms with Crippen LogP contribution in [0.15, 0.2) is 18.2 Å². The van der Waals surface area contributed by atoms with Crippen molar-refractivity contribution in [1.29, 1.82) is 0 Å². The fourth-order valence-electron chi connectivity index (χ4n) is 4.00. The summed E-state index contributed by atoms with van der Waals surface area (Å²) in [4.78, 5) is 23.8. The minimum Gasteiger partial charge on any atom is -0.493 e. The van der Waals surface area contributed by atoms with Crippen LogP contribution in [-0.2, 0) is 19.7 Å². The van der Waals surface area contributed by atoms with Gasteiger partial charge in [0.15, 0.2) is 11.5 Å². The molecule has 0 radical (unpaired) electrons. The summed E-state index contributed by atoms with van der Waals surface area (Å²) in [7, 11) is 2.92. The maximum Gasteiger partial charge on any atom is 0.384 e. The summed E-state index contributed by atoms with van der Waals surface area (Å²) < 4.78 is 16.3. The van der Waals surface area contributed by atoms with Crippen molar-refractivity contribution in [2.75, 3.05) is 14.2 Å². The van der Waals surface area contributed by atoms with Crippen molar-refractivity contribution in [1.82, 2.24) is 0 Å². The molecular weight excluding hydrogens is 344 g/mol. The second-order valence-corrected chi connectivity index (χ2v) is 7.28. The molecule has 144 valence electrons. The topological polar surface area (TPSA) is 61.8 Å². The molecule has 3 rings (SSSR count). The van der Waals surface area contributed by atoms with E-state index in [9.17, 15) is 9.59 Å².